The number of rotatable bonds is 6. The Labute approximate surface area is 95.9 Å². The molecule has 0 bridgehead atoms. The number of benzene rings is 1. The van der Waals surface area contributed by atoms with Crippen LogP contribution in [0.5, 0.6) is 0 Å². The molecule has 3 nitrogen and oxygen atoms in total. The van der Waals surface area contributed by atoms with Crippen LogP contribution in [0, 0.1) is 5.92 Å². The lowest BCUT2D eigenvalue weighted by atomic mass is 10.0. The highest BCUT2D eigenvalue weighted by Crippen LogP contribution is 2.10. The Kier molecular flexibility index (Phi) is 4.70. The second-order valence-corrected chi connectivity index (χ2v) is 4.22. The molecule has 0 aromatic heterocycles. The zero-order chi connectivity index (χ0) is 12.0. The molecule has 0 spiro atoms. The first-order chi connectivity index (χ1) is 7.63. The normalized spacial score (nSPS) is 10.2. The van der Waals surface area contributed by atoms with E-state index in [4.69, 9.17) is 0 Å². The lowest BCUT2D eigenvalue weighted by molar-refractivity contribution is -0.109. The fourth-order valence-electron chi connectivity index (χ4n) is 1.46. The number of amides is 1. The maximum Gasteiger partial charge on any atom is 0.207 e. The van der Waals surface area contributed by atoms with E-state index in [1.54, 1.807) is 0 Å². The number of Topliss-reactive ketones (excluding diaryl/α,β-unsaturated/α-hetero) is 1. The van der Waals surface area contributed by atoms with Crippen LogP contribution in [0.3, 0.4) is 0 Å². The molecular weight excluding hydrogens is 202 g/mol. The van der Waals surface area contributed by atoms with Gasteiger partial charge in [0.25, 0.3) is 0 Å². The summed E-state index contributed by atoms with van der Waals surface area (Å²) < 4.78 is 0. The molecule has 0 aliphatic rings. The van der Waals surface area contributed by atoms with Crippen LogP contribution in [0.1, 0.15) is 36.2 Å². The number of ketones is 1. The van der Waals surface area contributed by atoms with Crippen molar-refractivity contribution in [1.29, 1.82) is 0 Å². The van der Waals surface area contributed by atoms with Gasteiger partial charge in [-0.2, -0.15) is 0 Å². The lowest BCUT2D eigenvalue weighted by Gasteiger charge is -2.05. The van der Waals surface area contributed by atoms with Crippen LogP contribution in [-0.2, 0) is 11.3 Å². The Hall–Kier alpha value is -1.64. The van der Waals surface area contributed by atoms with E-state index in [1.807, 2.05) is 38.1 Å². The van der Waals surface area contributed by atoms with Crippen LogP contribution in [0.25, 0.3) is 0 Å². The standard InChI is InChI=1S/C13H17NO2/c1-10(2)7-13(16)12-5-3-11(4-6-12)8-14-9-15/h3-6,9-10H,7-8H2,1-2H3,(H,14,15). The van der Waals surface area contributed by atoms with Gasteiger partial charge in [-0.25, -0.2) is 0 Å². The molecular formula is C13H17NO2. The Morgan fingerprint density at radius 3 is 2.44 bits per heavy atom. The molecule has 1 rings (SSSR count). The largest absolute Gasteiger partial charge is 0.355 e. The van der Waals surface area contributed by atoms with Gasteiger partial charge in [0.15, 0.2) is 5.78 Å². The third-order valence-electron chi connectivity index (χ3n) is 2.26. The number of nitrogens with one attached hydrogen (secondary N) is 1. The average molecular weight is 219 g/mol. The van der Waals surface area contributed by atoms with Crippen LogP contribution < -0.4 is 5.32 Å². The van der Waals surface area contributed by atoms with Crippen LogP contribution in [0.4, 0.5) is 0 Å². The minimum atomic E-state index is 0.171. The number of hydrogen-bond acceptors (Lipinski definition) is 2. The summed E-state index contributed by atoms with van der Waals surface area (Å²) in [6.07, 6.45) is 1.24. The molecule has 1 N–H and O–H groups in total. The number of carbonyl (C=O) groups excluding carboxylic acids is 2. The predicted octanol–water partition coefficient (Wildman–Crippen LogP) is 2.16. The monoisotopic (exact) mass is 219 g/mol. The SMILES string of the molecule is CC(C)CC(=O)c1ccc(CNC=O)cc1. The summed E-state index contributed by atoms with van der Waals surface area (Å²) in [5.41, 5.74) is 1.73. The summed E-state index contributed by atoms with van der Waals surface area (Å²) in [4.78, 5) is 21.8. The summed E-state index contributed by atoms with van der Waals surface area (Å²) in [6.45, 7) is 4.56. The van der Waals surface area contributed by atoms with Crippen molar-refractivity contribution in [3.8, 4) is 0 Å². The molecule has 1 amide bonds. The summed E-state index contributed by atoms with van der Waals surface area (Å²) >= 11 is 0. The molecule has 0 radical (unpaired) electrons. The molecule has 0 saturated heterocycles. The van der Waals surface area contributed by atoms with Crippen molar-refractivity contribution in [2.24, 2.45) is 5.92 Å². The molecule has 0 fully saturated rings. The molecule has 0 atom stereocenters. The van der Waals surface area contributed by atoms with Gasteiger partial charge >= 0.3 is 0 Å². The van der Waals surface area contributed by atoms with Gasteiger partial charge < -0.3 is 5.32 Å². The molecule has 1 aromatic carbocycles. The van der Waals surface area contributed by atoms with Gasteiger partial charge in [-0.3, -0.25) is 9.59 Å². The quantitative estimate of drug-likeness (QED) is 0.588. The molecule has 1 aromatic rings. The second-order valence-electron chi connectivity index (χ2n) is 4.22. The number of hydrogen-bond donors (Lipinski definition) is 1. The highest BCUT2D eigenvalue weighted by Gasteiger charge is 2.07. The molecule has 86 valence electrons. The Morgan fingerprint density at radius 1 is 1.31 bits per heavy atom. The molecule has 16 heavy (non-hydrogen) atoms. The predicted molar refractivity (Wildman–Crippen MR) is 63.1 cm³/mol. The molecule has 0 aliphatic carbocycles. The van der Waals surface area contributed by atoms with Gasteiger partial charge in [0, 0.05) is 18.5 Å². The van der Waals surface area contributed by atoms with E-state index < -0.39 is 0 Å². The van der Waals surface area contributed by atoms with Gasteiger partial charge in [-0.1, -0.05) is 38.1 Å². The first kappa shape index (κ1) is 12.4. The van der Waals surface area contributed by atoms with Crippen molar-refractivity contribution in [3.63, 3.8) is 0 Å². The maximum atomic E-state index is 11.7. The van der Waals surface area contributed by atoms with Crippen molar-refractivity contribution < 1.29 is 9.59 Å². The van der Waals surface area contributed by atoms with E-state index in [-0.39, 0.29) is 5.78 Å². The molecule has 3 heteroatoms. The third kappa shape index (κ3) is 3.85. The maximum absolute atomic E-state index is 11.7. The Bertz CT molecular complexity index is 355. The summed E-state index contributed by atoms with van der Waals surface area (Å²) in [5, 5.41) is 2.58. The average Bonchev–Trinajstić information content (AvgIpc) is 2.26. The fourth-order valence-corrected chi connectivity index (χ4v) is 1.46. The smallest absolute Gasteiger partial charge is 0.207 e. The van der Waals surface area contributed by atoms with Gasteiger partial charge in [-0.15, -0.1) is 0 Å². The topological polar surface area (TPSA) is 46.2 Å². The second kappa shape index (κ2) is 6.05. The van der Waals surface area contributed by atoms with Crippen LogP contribution in [0.2, 0.25) is 0 Å². The van der Waals surface area contributed by atoms with Crippen LogP contribution in [-0.4, -0.2) is 12.2 Å². The highest BCUT2D eigenvalue weighted by molar-refractivity contribution is 5.96. The van der Waals surface area contributed by atoms with E-state index in [2.05, 4.69) is 5.32 Å². The third-order valence-corrected chi connectivity index (χ3v) is 2.26. The van der Waals surface area contributed by atoms with Gasteiger partial charge in [-0.05, 0) is 11.5 Å². The fraction of sp³-hybridized carbons (Fsp3) is 0.385. The van der Waals surface area contributed by atoms with Crippen molar-refractivity contribution in [1.82, 2.24) is 5.32 Å². The molecule has 0 aliphatic heterocycles. The zero-order valence-electron chi connectivity index (χ0n) is 9.69. The van der Waals surface area contributed by atoms with Crippen LogP contribution in [0.15, 0.2) is 24.3 Å². The van der Waals surface area contributed by atoms with Crippen molar-refractivity contribution in [2.45, 2.75) is 26.8 Å². The number of carbonyl (C=O) groups is 2. The molecule has 0 heterocycles. The van der Waals surface area contributed by atoms with Crippen LogP contribution >= 0.6 is 0 Å². The van der Waals surface area contributed by atoms with E-state index in [0.29, 0.717) is 25.3 Å². The van der Waals surface area contributed by atoms with E-state index >= 15 is 0 Å². The van der Waals surface area contributed by atoms with Gasteiger partial charge in [0.05, 0.1) is 0 Å². The van der Waals surface area contributed by atoms with E-state index in [1.165, 1.54) is 0 Å². The molecule has 0 unspecified atom stereocenters. The zero-order valence-corrected chi connectivity index (χ0v) is 9.69. The molecule has 0 saturated carbocycles. The van der Waals surface area contributed by atoms with Gasteiger partial charge in [0.1, 0.15) is 0 Å². The van der Waals surface area contributed by atoms with E-state index in [0.717, 1.165) is 11.1 Å². The minimum absolute atomic E-state index is 0.171. The summed E-state index contributed by atoms with van der Waals surface area (Å²) in [6, 6.07) is 7.35. The van der Waals surface area contributed by atoms with Crippen molar-refractivity contribution in [3.05, 3.63) is 35.4 Å². The Morgan fingerprint density at radius 2 is 1.94 bits per heavy atom. The summed E-state index contributed by atoms with van der Waals surface area (Å²) in [5.74, 6) is 0.550. The highest BCUT2D eigenvalue weighted by atomic mass is 16.1. The first-order valence-electron chi connectivity index (χ1n) is 5.42. The first-order valence-corrected chi connectivity index (χ1v) is 5.42. The lowest BCUT2D eigenvalue weighted by Crippen LogP contribution is -2.10. The van der Waals surface area contributed by atoms with Crippen molar-refractivity contribution >= 4 is 12.2 Å². The van der Waals surface area contributed by atoms with Gasteiger partial charge in [0.2, 0.25) is 6.41 Å². The van der Waals surface area contributed by atoms with E-state index in [9.17, 15) is 9.59 Å². The van der Waals surface area contributed by atoms with Crippen molar-refractivity contribution in [2.75, 3.05) is 0 Å². The minimum Gasteiger partial charge on any atom is -0.355 e. The Balaban J connectivity index is 2.63. The summed E-state index contributed by atoms with van der Waals surface area (Å²) in [7, 11) is 0.